The molecule has 0 bridgehead atoms. The summed E-state index contributed by atoms with van der Waals surface area (Å²) in [6.45, 7) is 2.27. The monoisotopic (exact) mass is 443 g/mol. The Morgan fingerprint density at radius 3 is 2.87 bits per heavy atom. The Balaban J connectivity index is 1.51. The Kier molecular flexibility index (Phi) is 6.27. The third kappa shape index (κ3) is 4.89. The van der Waals surface area contributed by atoms with Gasteiger partial charge in [0.25, 0.3) is 0 Å². The molecule has 1 aliphatic rings. The zero-order valence-electron chi connectivity index (χ0n) is 17.6. The van der Waals surface area contributed by atoms with Crippen LogP contribution in [0.3, 0.4) is 0 Å². The Bertz CT molecular complexity index is 1160. The van der Waals surface area contributed by atoms with Gasteiger partial charge in [0.15, 0.2) is 0 Å². The number of sulfonamides is 1. The number of benzene rings is 1. The number of aliphatic hydroxyl groups is 1. The van der Waals surface area contributed by atoms with E-state index in [1.54, 1.807) is 0 Å². The van der Waals surface area contributed by atoms with Crippen LogP contribution < -0.4 is 10.5 Å². The molecule has 8 nitrogen and oxygen atoms in total. The minimum Gasteiger partial charge on any atom is -0.391 e. The predicted molar refractivity (Wildman–Crippen MR) is 121 cm³/mol. The van der Waals surface area contributed by atoms with Gasteiger partial charge in [-0.1, -0.05) is 37.6 Å². The van der Waals surface area contributed by atoms with Crippen LogP contribution in [0.5, 0.6) is 0 Å². The first-order valence-corrected chi connectivity index (χ1v) is 12.4. The van der Waals surface area contributed by atoms with E-state index >= 15 is 0 Å². The van der Waals surface area contributed by atoms with Crippen molar-refractivity contribution in [3.63, 3.8) is 0 Å². The molecule has 4 N–H and O–H groups in total. The highest BCUT2D eigenvalue weighted by atomic mass is 32.2. The second-order valence-corrected chi connectivity index (χ2v) is 9.99. The second kappa shape index (κ2) is 8.94. The van der Waals surface area contributed by atoms with Crippen LogP contribution in [0.25, 0.3) is 11.0 Å². The van der Waals surface area contributed by atoms with E-state index in [0.717, 1.165) is 29.7 Å². The van der Waals surface area contributed by atoms with Crippen molar-refractivity contribution in [2.24, 2.45) is 11.1 Å². The van der Waals surface area contributed by atoms with Crippen LogP contribution >= 0.6 is 0 Å². The van der Waals surface area contributed by atoms with E-state index < -0.39 is 16.1 Å². The average molecular weight is 444 g/mol. The maximum absolute atomic E-state index is 11.3. The van der Waals surface area contributed by atoms with Crippen molar-refractivity contribution in [1.82, 2.24) is 14.5 Å². The van der Waals surface area contributed by atoms with Gasteiger partial charge in [0, 0.05) is 6.20 Å². The van der Waals surface area contributed by atoms with E-state index in [1.807, 2.05) is 23.8 Å². The van der Waals surface area contributed by atoms with Crippen molar-refractivity contribution in [1.29, 1.82) is 0 Å². The molecule has 2 heterocycles. The molecule has 0 radical (unpaired) electrons. The van der Waals surface area contributed by atoms with E-state index in [-0.39, 0.29) is 17.7 Å². The number of rotatable bonds is 9. The normalized spacial score (nSPS) is 18.1. The van der Waals surface area contributed by atoms with Gasteiger partial charge in [-0.3, -0.25) is 0 Å². The SMILES string of the molecule is CC[C@@H](CCS(N)(=O)=O)[C@@H](O)Cn1ccc2c(N[C@H]3CCc4ccccc43)ncnc21. The zero-order chi connectivity index (χ0) is 22.0. The standard InChI is InChI=1S/C22H29N5O3S/c1-2-15(10-12-31(23,29)30)20(28)13-27-11-9-18-21(24-14-25-22(18)27)26-19-8-7-16-5-3-4-6-17(16)19/h3-6,9,11,14-15,19-20,28H,2,7-8,10,12-13H2,1H3,(H2,23,29,30)(H,24,25,26)/t15-,19-,20-/m0/s1. The fourth-order valence-corrected chi connectivity index (χ4v) is 5.10. The number of anilines is 1. The first-order chi connectivity index (χ1) is 14.9. The molecule has 3 aromatic rings. The number of fused-ring (bicyclic) bond motifs is 2. The van der Waals surface area contributed by atoms with Gasteiger partial charge in [0.1, 0.15) is 17.8 Å². The molecule has 0 saturated carbocycles. The first-order valence-electron chi connectivity index (χ1n) is 10.7. The minimum absolute atomic E-state index is 0.131. The number of nitrogens with two attached hydrogens (primary N) is 1. The van der Waals surface area contributed by atoms with E-state index in [4.69, 9.17) is 5.14 Å². The van der Waals surface area contributed by atoms with Crippen LogP contribution in [0.4, 0.5) is 5.82 Å². The average Bonchev–Trinajstić information content (AvgIpc) is 3.33. The third-order valence-electron chi connectivity index (χ3n) is 6.23. The largest absolute Gasteiger partial charge is 0.391 e. The highest BCUT2D eigenvalue weighted by molar-refractivity contribution is 7.89. The Labute approximate surface area is 182 Å². The molecule has 1 aromatic carbocycles. The van der Waals surface area contributed by atoms with Gasteiger partial charge in [-0.15, -0.1) is 0 Å². The lowest BCUT2D eigenvalue weighted by atomic mass is 9.96. The van der Waals surface area contributed by atoms with Crippen LogP contribution in [0.2, 0.25) is 0 Å². The summed E-state index contributed by atoms with van der Waals surface area (Å²) in [6, 6.07) is 10.6. The number of hydrogen-bond acceptors (Lipinski definition) is 6. The summed E-state index contributed by atoms with van der Waals surface area (Å²) in [4.78, 5) is 8.89. The summed E-state index contributed by atoms with van der Waals surface area (Å²) in [5.74, 6) is 0.486. The fourth-order valence-electron chi connectivity index (χ4n) is 4.47. The van der Waals surface area contributed by atoms with E-state index in [0.29, 0.717) is 19.4 Å². The van der Waals surface area contributed by atoms with Gasteiger partial charge in [0.05, 0.1) is 29.8 Å². The van der Waals surface area contributed by atoms with Gasteiger partial charge in [-0.05, 0) is 42.4 Å². The van der Waals surface area contributed by atoms with Gasteiger partial charge in [0.2, 0.25) is 10.0 Å². The van der Waals surface area contributed by atoms with Crippen molar-refractivity contribution in [2.45, 2.75) is 51.3 Å². The quantitative estimate of drug-likeness (QED) is 0.467. The van der Waals surface area contributed by atoms with Gasteiger partial charge in [-0.25, -0.2) is 23.5 Å². The maximum Gasteiger partial charge on any atom is 0.209 e. The highest BCUT2D eigenvalue weighted by Crippen LogP contribution is 2.34. The van der Waals surface area contributed by atoms with Crippen molar-refractivity contribution in [3.05, 3.63) is 54.0 Å². The lowest BCUT2D eigenvalue weighted by molar-refractivity contribution is 0.0871. The lowest BCUT2D eigenvalue weighted by Gasteiger charge is -2.22. The fraction of sp³-hybridized carbons (Fsp3) is 0.455. The summed E-state index contributed by atoms with van der Waals surface area (Å²) in [5, 5.41) is 20.3. The molecular weight excluding hydrogens is 414 g/mol. The molecule has 31 heavy (non-hydrogen) atoms. The number of nitrogens with one attached hydrogen (secondary N) is 1. The van der Waals surface area contributed by atoms with E-state index in [2.05, 4.69) is 39.6 Å². The second-order valence-electron chi connectivity index (χ2n) is 8.25. The molecule has 0 fully saturated rings. The number of nitrogens with zero attached hydrogens (tertiary/aromatic N) is 3. The number of aliphatic hydroxyl groups excluding tert-OH is 1. The molecule has 2 aromatic heterocycles. The summed E-state index contributed by atoms with van der Waals surface area (Å²) in [5.41, 5.74) is 3.42. The van der Waals surface area contributed by atoms with Gasteiger partial charge >= 0.3 is 0 Å². The third-order valence-corrected chi connectivity index (χ3v) is 7.03. The maximum atomic E-state index is 11.3. The molecule has 166 valence electrons. The van der Waals surface area contributed by atoms with Crippen molar-refractivity contribution in [3.8, 4) is 0 Å². The van der Waals surface area contributed by atoms with Crippen LogP contribution in [0, 0.1) is 5.92 Å². The van der Waals surface area contributed by atoms with Crippen LogP contribution in [-0.2, 0) is 23.0 Å². The molecule has 3 atom stereocenters. The highest BCUT2D eigenvalue weighted by Gasteiger charge is 2.24. The topological polar surface area (TPSA) is 123 Å². The Morgan fingerprint density at radius 1 is 1.29 bits per heavy atom. The van der Waals surface area contributed by atoms with E-state index in [1.165, 1.54) is 17.5 Å². The molecule has 0 amide bonds. The molecule has 9 heteroatoms. The first kappa shape index (κ1) is 21.7. The van der Waals surface area contributed by atoms with Crippen LogP contribution in [0.15, 0.2) is 42.9 Å². The molecule has 0 unspecified atom stereocenters. The van der Waals surface area contributed by atoms with Crippen LogP contribution in [-0.4, -0.2) is 39.9 Å². The summed E-state index contributed by atoms with van der Waals surface area (Å²) < 4.78 is 24.5. The molecule has 0 aliphatic heterocycles. The smallest absolute Gasteiger partial charge is 0.209 e. The minimum atomic E-state index is -3.54. The number of aryl methyl sites for hydroxylation is 1. The van der Waals surface area contributed by atoms with Gasteiger partial charge in [-0.2, -0.15) is 0 Å². The summed E-state index contributed by atoms with van der Waals surface area (Å²) >= 11 is 0. The number of aromatic nitrogens is 3. The summed E-state index contributed by atoms with van der Waals surface area (Å²) in [6.07, 6.45) is 5.79. The lowest BCUT2D eigenvalue weighted by Crippen LogP contribution is -2.28. The van der Waals surface area contributed by atoms with Crippen molar-refractivity contribution >= 4 is 26.9 Å². The predicted octanol–water partition coefficient (Wildman–Crippen LogP) is 2.60. The molecule has 0 saturated heterocycles. The van der Waals surface area contributed by atoms with Crippen LogP contribution in [0.1, 0.15) is 43.4 Å². The van der Waals surface area contributed by atoms with Crippen molar-refractivity contribution in [2.75, 3.05) is 11.1 Å². The molecule has 4 rings (SSSR count). The Hall–Kier alpha value is -2.49. The summed E-state index contributed by atoms with van der Waals surface area (Å²) in [7, 11) is -3.54. The zero-order valence-corrected chi connectivity index (χ0v) is 18.4. The Morgan fingerprint density at radius 2 is 2.10 bits per heavy atom. The number of primary sulfonamides is 1. The van der Waals surface area contributed by atoms with E-state index in [9.17, 15) is 13.5 Å². The molecule has 1 aliphatic carbocycles. The number of hydrogen-bond donors (Lipinski definition) is 3. The molecular formula is C22H29N5O3S. The van der Waals surface area contributed by atoms with Crippen molar-refractivity contribution < 1.29 is 13.5 Å². The van der Waals surface area contributed by atoms with Gasteiger partial charge < -0.3 is 15.0 Å². The molecule has 0 spiro atoms.